The molecule has 29 heavy (non-hydrogen) atoms. The second kappa shape index (κ2) is 19.8. The lowest BCUT2D eigenvalue weighted by molar-refractivity contribution is 0.147. The van der Waals surface area contributed by atoms with Gasteiger partial charge in [0, 0.05) is 0 Å². The average Bonchev–Trinajstić information content (AvgIpc) is 2.67. The molecule has 0 aromatic carbocycles. The van der Waals surface area contributed by atoms with Crippen molar-refractivity contribution in [1.82, 2.24) is 0 Å². The molecule has 0 aliphatic rings. The first-order chi connectivity index (χ1) is 13.9. The topological polar surface area (TPSA) is 74.6 Å². The molecule has 0 fully saturated rings. The average molecular weight is 435 g/mol. The lowest BCUT2D eigenvalue weighted by Gasteiger charge is -2.11. The van der Waals surface area contributed by atoms with Gasteiger partial charge in [0.15, 0.2) is 0 Å². The molecular weight excluding hydrogens is 384 g/mol. The molecule has 0 aromatic heterocycles. The maximum absolute atomic E-state index is 11.1. The van der Waals surface area contributed by atoms with Crippen molar-refractivity contribution in [3.05, 3.63) is 0 Å². The summed E-state index contributed by atoms with van der Waals surface area (Å²) < 4.78 is 31.4. The van der Waals surface area contributed by atoms with Gasteiger partial charge in [-0.25, -0.2) is 0 Å². The third-order valence-corrected chi connectivity index (χ3v) is 7.49. The molecule has 0 aliphatic carbocycles. The molecule has 0 saturated carbocycles. The molecule has 0 aliphatic heterocycles. The minimum atomic E-state index is -3.86. The normalized spacial score (nSPS) is 14.2. The maximum atomic E-state index is 11.1. The van der Waals surface area contributed by atoms with Crippen molar-refractivity contribution in [3.63, 3.8) is 0 Å². The summed E-state index contributed by atoms with van der Waals surface area (Å²) in [6.07, 6.45) is 22.5. The Kier molecular flexibility index (Phi) is 19.7. The highest BCUT2D eigenvalue weighted by Crippen LogP contribution is 2.17. The van der Waals surface area contributed by atoms with E-state index in [1.807, 2.05) is 6.92 Å². The quantitative estimate of drug-likeness (QED) is 0.137. The van der Waals surface area contributed by atoms with Gasteiger partial charge in [0.05, 0.1) is 11.4 Å². The van der Waals surface area contributed by atoms with Gasteiger partial charge in [-0.1, -0.05) is 117 Å². The summed E-state index contributed by atoms with van der Waals surface area (Å²) in [4.78, 5) is 0. The zero-order valence-corrected chi connectivity index (χ0v) is 20.2. The predicted molar refractivity (Wildman–Crippen MR) is 125 cm³/mol. The maximum Gasteiger partial charge on any atom is 0.267 e. The second-order valence-corrected chi connectivity index (χ2v) is 10.6. The summed E-state index contributed by atoms with van der Waals surface area (Å²) in [7, 11) is -3.86. The Hall–Kier alpha value is -0.130. The van der Waals surface area contributed by atoms with Crippen LogP contribution in [0.5, 0.6) is 0 Å². The molecule has 0 radical (unpaired) electrons. The van der Waals surface area contributed by atoms with Gasteiger partial charge in [-0.2, -0.15) is 8.42 Å². The van der Waals surface area contributed by atoms with Crippen LogP contribution in [0.4, 0.5) is 0 Å². The van der Waals surface area contributed by atoms with Crippen LogP contribution in [0.2, 0.25) is 0 Å². The Bertz CT molecular complexity index is 436. The molecule has 0 saturated heterocycles. The van der Waals surface area contributed by atoms with E-state index in [0.717, 1.165) is 38.5 Å². The minimum Gasteiger partial charge on any atom is -0.393 e. The molecule has 4 nitrogen and oxygen atoms in total. The molecule has 5 heteroatoms. The lowest BCUT2D eigenvalue weighted by Crippen LogP contribution is -2.19. The predicted octanol–water partition coefficient (Wildman–Crippen LogP) is 7.45. The molecule has 176 valence electrons. The Balaban J connectivity index is 3.32. The van der Waals surface area contributed by atoms with Crippen LogP contribution in [0.1, 0.15) is 142 Å². The van der Waals surface area contributed by atoms with E-state index in [4.69, 9.17) is 4.55 Å². The Labute approximate surface area is 182 Å². The zero-order chi connectivity index (χ0) is 21.8. The van der Waals surface area contributed by atoms with E-state index >= 15 is 0 Å². The fourth-order valence-corrected chi connectivity index (χ4v) is 4.92. The number of unbranched alkanes of at least 4 members (excludes halogenated alkanes) is 14. The van der Waals surface area contributed by atoms with Crippen molar-refractivity contribution in [2.45, 2.75) is 154 Å². The molecule has 0 heterocycles. The van der Waals surface area contributed by atoms with Crippen LogP contribution in [0.3, 0.4) is 0 Å². The molecular formula is C24H50O4S. The SMILES string of the molecule is CCCCCCCCCC(O)CCCCCCCCCCCC(CC)S(=O)(=O)O. The summed E-state index contributed by atoms with van der Waals surface area (Å²) in [5.41, 5.74) is 0. The second-order valence-electron chi connectivity index (χ2n) is 8.87. The zero-order valence-electron chi connectivity index (χ0n) is 19.4. The Morgan fingerprint density at radius 3 is 1.28 bits per heavy atom. The van der Waals surface area contributed by atoms with Gasteiger partial charge < -0.3 is 5.11 Å². The van der Waals surface area contributed by atoms with Crippen LogP contribution >= 0.6 is 0 Å². The van der Waals surface area contributed by atoms with Crippen molar-refractivity contribution < 1.29 is 18.1 Å². The van der Waals surface area contributed by atoms with Crippen LogP contribution in [-0.4, -0.2) is 29.4 Å². The monoisotopic (exact) mass is 434 g/mol. The van der Waals surface area contributed by atoms with Crippen molar-refractivity contribution in [2.75, 3.05) is 0 Å². The third kappa shape index (κ3) is 19.6. The van der Waals surface area contributed by atoms with Crippen molar-refractivity contribution in [2.24, 2.45) is 0 Å². The van der Waals surface area contributed by atoms with E-state index in [0.29, 0.717) is 12.8 Å². The van der Waals surface area contributed by atoms with Crippen LogP contribution in [0.25, 0.3) is 0 Å². The lowest BCUT2D eigenvalue weighted by atomic mass is 10.0. The van der Waals surface area contributed by atoms with E-state index in [2.05, 4.69) is 6.92 Å². The van der Waals surface area contributed by atoms with Gasteiger partial charge >= 0.3 is 0 Å². The fraction of sp³-hybridized carbons (Fsp3) is 1.00. The number of aliphatic hydroxyl groups is 1. The van der Waals surface area contributed by atoms with E-state index in [-0.39, 0.29) is 6.10 Å². The van der Waals surface area contributed by atoms with Gasteiger partial charge in [0.25, 0.3) is 10.1 Å². The molecule has 0 spiro atoms. The summed E-state index contributed by atoms with van der Waals surface area (Å²) in [5, 5.41) is 9.49. The van der Waals surface area contributed by atoms with Gasteiger partial charge in [-0.3, -0.25) is 4.55 Å². The number of aliphatic hydroxyl groups excluding tert-OH is 1. The first-order valence-electron chi connectivity index (χ1n) is 12.6. The summed E-state index contributed by atoms with van der Waals surface area (Å²) in [5.74, 6) is 0. The van der Waals surface area contributed by atoms with Gasteiger partial charge in [0.1, 0.15) is 0 Å². The van der Waals surface area contributed by atoms with Crippen LogP contribution < -0.4 is 0 Å². The molecule has 0 rings (SSSR count). The standard InChI is InChI=1S/C24H50O4S/c1-3-5-6-7-11-14-17-20-23(25)21-18-15-12-9-8-10-13-16-19-22-24(4-2)29(26,27)28/h23-25H,3-22H2,1-2H3,(H,26,27,28). The molecule has 0 aromatic rings. The van der Waals surface area contributed by atoms with Gasteiger partial charge in [0.2, 0.25) is 0 Å². The highest BCUT2D eigenvalue weighted by Gasteiger charge is 2.19. The van der Waals surface area contributed by atoms with Gasteiger partial charge in [-0.15, -0.1) is 0 Å². The van der Waals surface area contributed by atoms with Crippen molar-refractivity contribution in [1.29, 1.82) is 0 Å². The van der Waals surface area contributed by atoms with Crippen molar-refractivity contribution >= 4 is 10.1 Å². The first-order valence-corrected chi connectivity index (χ1v) is 14.1. The Morgan fingerprint density at radius 2 is 0.931 bits per heavy atom. The number of hydrogen-bond acceptors (Lipinski definition) is 3. The highest BCUT2D eigenvalue weighted by atomic mass is 32.2. The molecule has 0 amide bonds. The smallest absolute Gasteiger partial charge is 0.267 e. The largest absolute Gasteiger partial charge is 0.393 e. The first kappa shape index (κ1) is 28.9. The molecule has 2 atom stereocenters. The molecule has 0 bridgehead atoms. The summed E-state index contributed by atoms with van der Waals surface area (Å²) in [6, 6.07) is 0. The number of hydrogen-bond donors (Lipinski definition) is 2. The van der Waals surface area contributed by atoms with Crippen LogP contribution in [0.15, 0.2) is 0 Å². The van der Waals surface area contributed by atoms with Crippen LogP contribution in [0, 0.1) is 0 Å². The van der Waals surface area contributed by atoms with Crippen LogP contribution in [-0.2, 0) is 10.1 Å². The molecule has 2 N–H and O–H groups in total. The van der Waals surface area contributed by atoms with Crippen molar-refractivity contribution in [3.8, 4) is 0 Å². The van der Waals surface area contributed by atoms with E-state index in [1.54, 1.807) is 0 Å². The fourth-order valence-electron chi connectivity index (χ4n) is 4.03. The molecule has 2 unspecified atom stereocenters. The van der Waals surface area contributed by atoms with E-state index < -0.39 is 15.4 Å². The third-order valence-electron chi connectivity index (χ3n) is 6.08. The van der Waals surface area contributed by atoms with E-state index in [9.17, 15) is 13.5 Å². The number of rotatable bonds is 22. The summed E-state index contributed by atoms with van der Waals surface area (Å²) >= 11 is 0. The minimum absolute atomic E-state index is 0.0969. The van der Waals surface area contributed by atoms with E-state index in [1.165, 1.54) is 77.0 Å². The van der Waals surface area contributed by atoms with Gasteiger partial charge in [-0.05, 0) is 25.7 Å². The summed E-state index contributed by atoms with van der Waals surface area (Å²) in [6.45, 7) is 4.06. The highest BCUT2D eigenvalue weighted by molar-refractivity contribution is 7.86. The Morgan fingerprint density at radius 1 is 0.586 bits per heavy atom.